The van der Waals surface area contributed by atoms with Gasteiger partial charge in [-0.3, -0.25) is 0 Å². The SMILES string of the molecule is C=CCNCc1ccc(CNC)cc1. The molecule has 1 aromatic carbocycles. The van der Waals surface area contributed by atoms with Gasteiger partial charge in [-0.1, -0.05) is 30.3 Å². The Morgan fingerprint density at radius 3 is 2.21 bits per heavy atom. The standard InChI is InChI=1S/C12H18N2/c1-3-8-14-10-12-6-4-11(5-7-12)9-13-2/h3-7,13-14H,1,8-10H2,2H3. The number of rotatable bonds is 6. The third kappa shape index (κ3) is 3.73. The lowest BCUT2D eigenvalue weighted by atomic mass is 10.1. The van der Waals surface area contributed by atoms with Gasteiger partial charge in [-0.15, -0.1) is 6.58 Å². The van der Waals surface area contributed by atoms with Crippen LogP contribution in [0.3, 0.4) is 0 Å². The lowest BCUT2D eigenvalue weighted by molar-refractivity contribution is 0.758. The highest BCUT2D eigenvalue weighted by Crippen LogP contribution is 2.03. The van der Waals surface area contributed by atoms with Crippen molar-refractivity contribution in [2.45, 2.75) is 13.1 Å². The highest BCUT2D eigenvalue weighted by molar-refractivity contribution is 5.22. The minimum Gasteiger partial charge on any atom is -0.316 e. The van der Waals surface area contributed by atoms with Crippen LogP contribution in [0.25, 0.3) is 0 Å². The molecule has 0 aliphatic heterocycles. The fraction of sp³-hybridized carbons (Fsp3) is 0.333. The fourth-order valence-electron chi connectivity index (χ4n) is 1.30. The normalized spacial score (nSPS) is 10.1. The predicted octanol–water partition coefficient (Wildman–Crippen LogP) is 1.68. The van der Waals surface area contributed by atoms with Gasteiger partial charge in [-0.25, -0.2) is 0 Å². The van der Waals surface area contributed by atoms with Crippen LogP contribution in [-0.4, -0.2) is 13.6 Å². The van der Waals surface area contributed by atoms with Crippen LogP contribution in [0, 0.1) is 0 Å². The Labute approximate surface area is 86.0 Å². The van der Waals surface area contributed by atoms with Gasteiger partial charge in [0.1, 0.15) is 0 Å². The van der Waals surface area contributed by atoms with Crippen LogP contribution in [-0.2, 0) is 13.1 Å². The summed E-state index contributed by atoms with van der Waals surface area (Å²) >= 11 is 0. The average molecular weight is 190 g/mol. The van der Waals surface area contributed by atoms with E-state index in [2.05, 4.69) is 41.5 Å². The minimum atomic E-state index is 0.859. The summed E-state index contributed by atoms with van der Waals surface area (Å²) in [4.78, 5) is 0. The second-order valence-electron chi connectivity index (χ2n) is 3.27. The van der Waals surface area contributed by atoms with Crippen LogP contribution >= 0.6 is 0 Å². The largest absolute Gasteiger partial charge is 0.316 e. The van der Waals surface area contributed by atoms with Crippen LogP contribution in [0.1, 0.15) is 11.1 Å². The quantitative estimate of drug-likeness (QED) is 0.527. The van der Waals surface area contributed by atoms with Gasteiger partial charge in [-0.2, -0.15) is 0 Å². The van der Waals surface area contributed by atoms with E-state index in [1.165, 1.54) is 11.1 Å². The van der Waals surface area contributed by atoms with Crippen molar-refractivity contribution in [1.29, 1.82) is 0 Å². The average Bonchev–Trinajstić information content (AvgIpc) is 2.21. The van der Waals surface area contributed by atoms with E-state index >= 15 is 0 Å². The summed E-state index contributed by atoms with van der Waals surface area (Å²) in [7, 11) is 1.96. The van der Waals surface area contributed by atoms with Crippen LogP contribution in [0.4, 0.5) is 0 Å². The van der Waals surface area contributed by atoms with Gasteiger partial charge in [0, 0.05) is 19.6 Å². The summed E-state index contributed by atoms with van der Waals surface area (Å²) in [6, 6.07) is 8.62. The second-order valence-corrected chi connectivity index (χ2v) is 3.27. The molecule has 0 aliphatic carbocycles. The van der Waals surface area contributed by atoms with E-state index in [-0.39, 0.29) is 0 Å². The zero-order valence-corrected chi connectivity index (χ0v) is 8.72. The first-order chi connectivity index (χ1) is 6.86. The third-order valence-electron chi connectivity index (χ3n) is 2.02. The number of hydrogen-bond acceptors (Lipinski definition) is 2. The molecule has 0 atom stereocenters. The van der Waals surface area contributed by atoms with Gasteiger partial charge in [0.25, 0.3) is 0 Å². The molecule has 0 radical (unpaired) electrons. The van der Waals surface area contributed by atoms with E-state index in [0.29, 0.717) is 0 Å². The van der Waals surface area contributed by atoms with Gasteiger partial charge >= 0.3 is 0 Å². The predicted molar refractivity (Wildman–Crippen MR) is 61.1 cm³/mol. The topological polar surface area (TPSA) is 24.1 Å². The first kappa shape index (κ1) is 11.0. The lowest BCUT2D eigenvalue weighted by Gasteiger charge is -2.04. The van der Waals surface area contributed by atoms with Crippen molar-refractivity contribution < 1.29 is 0 Å². The molecule has 0 aromatic heterocycles. The molecule has 0 fully saturated rings. The molecule has 0 amide bonds. The summed E-state index contributed by atoms with van der Waals surface area (Å²) in [5.74, 6) is 0. The summed E-state index contributed by atoms with van der Waals surface area (Å²) in [6.07, 6.45) is 1.87. The molecule has 14 heavy (non-hydrogen) atoms. The molecule has 0 saturated heterocycles. The molecule has 0 aliphatic rings. The Hall–Kier alpha value is -1.12. The van der Waals surface area contributed by atoms with Gasteiger partial charge in [0.05, 0.1) is 0 Å². The van der Waals surface area contributed by atoms with E-state index in [1.54, 1.807) is 0 Å². The van der Waals surface area contributed by atoms with Crippen molar-refractivity contribution in [1.82, 2.24) is 10.6 Å². The molecule has 2 heteroatoms. The van der Waals surface area contributed by atoms with E-state index in [0.717, 1.165) is 19.6 Å². The Bertz CT molecular complexity index is 264. The zero-order chi connectivity index (χ0) is 10.2. The Kier molecular flexibility index (Phi) is 4.97. The van der Waals surface area contributed by atoms with Crippen LogP contribution in [0.2, 0.25) is 0 Å². The van der Waals surface area contributed by atoms with Crippen molar-refractivity contribution in [3.05, 3.63) is 48.0 Å². The Balaban J connectivity index is 2.42. The van der Waals surface area contributed by atoms with Crippen LogP contribution in [0.5, 0.6) is 0 Å². The molecule has 0 spiro atoms. The number of hydrogen-bond donors (Lipinski definition) is 2. The second kappa shape index (κ2) is 6.35. The van der Waals surface area contributed by atoms with Crippen molar-refractivity contribution in [3.8, 4) is 0 Å². The van der Waals surface area contributed by atoms with Gasteiger partial charge in [0.15, 0.2) is 0 Å². The molecule has 76 valence electrons. The summed E-state index contributed by atoms with van der Waals surface area (Å²) in [5, 5.41) is 6.40. The zero-order valence-electron chi connectivity index (χ0n) is 8.72. The van der Waals surface area contributed by atoms with Crippen molar-refractivity contribution in [3.63, 3.8) is 0 Å². The molecule has 1 aromatic rings. The third-order valence-corrected chi connectivity index (χ3v) is 2.02. The summed E-state index contributed by atoms with van der Waals surface area (Å²) < 4.78 is 0. The van der Waals surface area contributed by atoms with Crippen LogP contribution < -0.4 is 10.6 Å². The van der Waals surface area contributed by atoms with Crippen molar-refractivity contribution >= 4 is 0 Å². The highest BCUT2D eigenvalue weighted by atomic mass is 14.8. The molecule has 0 bridgehead atoms. The van der Waals surface area contributed by atoms with E-state index < -0.39 is 0 Å². The molecule has 0 heterocycles. The molecule has 0 unspecified atom stereocenters. The Morgan fingerprint density at radius 1 is 1.14 bits per heavy atom. The Morgan fingerprint density at radius 2 is 1.71 bits per heavy atom. The number of benzene rings is 1. The van der Waals surface area contributed by atoms with Gasteiger partial charge < -0.3 is 10.6 Å². The van der Waals surface area contributed by atoms with Gasteiger partial charge in [0.2, 0.25) is 0 Å². The van der Waals surface area contributed by atoms with Gasteiger partial charge in [-0.05, 0) is 18.2 Å². The maximum Gasteiger partial charge on any atom is 0.0208 e. The molecular formula is C12H18N2. The fourth-order valence-corrected chi connectivity index (χ4v) is 1.30. The van der Waals surface area contributed by atoms with Crippen molar-refractivity contribution in [2.75, 3.05) is 13.6 Å². The molecule has 1 rings (SSSR count). The smallest absolute Gasteiger partial charge is 0.0208 e. The van der Waals surface area contributed by atoms with Crippen LogP contribution in [0.15, 0.2) is 36.9 Å². The molecule has 0 saturated carbocycles. The minimum absolute atomic E-state index is 0.859. The van der Waals surface area contributed by atoms with Crippen molar-refractivity contribution in [2.24, 2.45) is 0 Å². The first-order valence-electron chi connectivity index (χ1n) is 4.91. The van der Waals surface area contributed by atoms with E-state index in [1.807, 2.05) is 13.1 Å². The lowest BCUT2D eigenvalue weighted by Crippen LogP contribution is -2.12. The molecular weight excluding hydrogens is 172 g/mol. The summed E-state index contributed by atoms with van der Waals surface area (Å²) in [5.41, 5.74) is 2.63. The maximum absolute atomic E-state index is 3.66. The summed E-state index contributed by atoms with van der Waals surface area (Å²) in [6.45, 7) is 6.36. The highest BCUT2D eigenvalue weighted by Gasteiger charge is 1.92. The molecule has 2 nitrogen and oxygen atoms in total. The molecule has 2 N–H and O–H groups in total. The number of nitrogens with one attached hydrogen (secondary N) is 2. The first-order valence-corrected chi connectivity index (χ1v) is 4.91. The van der Waals surface area contributed by atoms with E-state index in [9.17, 15) is 0 Å². The maximum atomic E-state index is 3.66. The van der Waals surface area contributed by atoms with E-state index in [4.69, 9.17) is 0 Å². The monoisotopic (exact) mass is 190 g/mol.